The summed E-state index contributed by atoms with van der Waals surface area (Å²) in [6.07, 6.45) is 1.94. The van der Waals surface area contributed by atoms with Crippen molar-refractivity contribution in [3.63, 3.8) is 0 Å². The zero-order valence-corrected chi connectivity index (χ0v) is 25.8. The maximum atomic E-state index is 13.0. The third kappa shape index (κ3) is 6.84. The number of amides is 1. The van der Waals surface area contributed by atoms with Gasteiger partial charge in [0.25, 0.3) is 11.4 Å². The standard InChI is InChI=1S/C31H37N5O5S2/c1-20-33-25(18-42-20)30(40)36-14-15-41-31(19-36)9-12-35(13-10-31)17-22-3-2-21(43-22)8-11-32-16-27(38)23-4-6-26(37)29-24(23)5-7-28(39)34-29/h2-7,18,27,32,37-38H,8-17,19H2,1H3,(H,34,39)/p+1/t27-/m0/s1. The van der Waals surface area contributed by atoms with Gasteiger partial charge in [0.15, 0.2) is 5.75 Å². The quantitative estimate of drug-likeness (QED) is 0.209. The average molecular weight is 625 g/mol. The van der Waals surface area contributed by atoms with Crippen LogP contribution in [0.25, 0.3) is 10.9 Å². The van der Waals surface area contributed by atoms with Crippen LogP contribution in [-0.4, -0.2) is 87.5 Å². The van der Waals surface area contributed by atoms with Crippen LogP contribution in [0, 0.1) is 6.92 Å². The Kier molecular flexibility index (Phi) is 8.94. The van der Waals surface area contributed by atoms with Gasteiger partial charge in [-0.05, 0) is 56.0 Å². The Bertz CT molecular complexity index is 1580. The molecule has 12 heteroatoms. The average Bonchev–Trinajstić information content (AvgIpc) is 3.65. The lowest BCUT2D eigenvalue weighted by molar-refractivity contribution is -0.363. The molecule has 2 aliphatic heterocycles. The Hall–Kier alpha value is -3.13. The summed E-state index contributed by atoms with van der Waals surface area (Å²) in [5.41, 5.74) is 1.37. The van der Waals surface area contributed by atoms with Gasteiger partial charge in [-0.2, -0.15) is 4.98 Å². The zero-order valence-electron chi connectivity index (χ0n) is 24.2. The van der Waals surface area contributed by atoms with Crippen molar-refractivity contribution in [3.05, 3.63) is 67.8 Å². The molecule has 0 saturated carbocycles. The number of nitrogens with one attached hydrogen (secondary N) is 2. The van der Waals surface area contributed by atoms with Crippen LogP contribution in [0.5, 0.6) is 11.6 Å². The fourth-order valence-corrected chi connectivity index (χ4v) is 7.69. The van der Waals surface area contributed by atoms with Crippen molar-refractivity contribution >= 4 is 39.5 Å². The van der Waals surface area contributed by atoms with E-state index in [1.807, 2.05) is 28.5 Å². The Labute approximate surface area is 258 Å². The lowest BCUT2D eigenvalue weighted by Gasteiger charge is -2.47. The van der Waals surface area contributed by atoms with Crippen molar-refractivity contribution in [2.24, 2.45) is 0 Å². The third-order valence-corrected chi connectivity index (χ3v) is 10.3. The number of H-pyrrole nitrogens is 1. The van der Waals surface area contributed by atoms with E-state index in [0.29, 0.717) is 48.4 Å². The molecular weight excluding hydrogens is 587 g/mol. The number of aliphatic hydroxyl groups is 1. The van der Waals surface area contributed by atoms with Crippen LogP contribution in [0.3, 0.4) is 0 Å². The maximum Gasteiger partial charge on any atom is 0.364 e. The molecule has 2 aliphatic rings. The molecule has 5 N–H and O–H groups in total. The number of likely N-dealkylation sites (tertiary alicyclic amines) is 1. The topological polar surface area (TPSA) is 133 Å². The van der Waals surface area contributed by atoms with Gasteiger partial charge in [0.05, 0.1) is 41.3 Å². The molecule has 4 aromatic rings. The number of phenolic OH excluding ortho intramolecular Hbond substituents is 1. The molecule has 3 aromatic heterocycles. The normalized spacial score (nSPS) is 18.0. The lowest BCUT2D eigenvalue weighted by Crippen LogP contribution is -2.57. The van der Waals surface area contributed by atoms with Gasteiger partial charge in [-0.3, -0.25) is 9.69 Å². The van der Waals surface area contributed by atoms with Crippen LogP contribution in [0.4, 0.5) is 0 Å². The van der Waals surface area contributed by atoms with E-state index in [1.54, 1.807) is 12.1 Å². The first-order valence-electron chi connectivity index (χ1n) is 14.7. The molecule has 1 atom stereocenters. The van der Waals surface area contributed by atoms with Crippen molar-refractivity contribution in [2.45, 2.75) is 44.4 Å². The summed E-state index contributed by atoms with van der Waals surface area (Å²) < 4.78 is 6.28. The number of aromatic amines is 1. The summed E-state index contributed by atoms with van der Waals surface area (Å²) in [7, 11) is 0. The van der Waals surface area contributed by atoms with E-state index in [0.717, 1.165) is 50.4 Å². The number of fused-ring (bicyclic) bond motifs is 1. The first kappa shape index (κ1) is 29.9. The van der Waals surface area contributed by atoms with Gasteiger partial charge >= 0.3 is 5.88 Å². The predicted octanol–water partition coefficient (Wildman–Crippen LogP) is 3.26. The number of carbonyl (C=O) groups is 1. The number of aromatic nitrogens is 2. The maximum absolute atomic E-state index is 13.0. The molecule has 0 unspecified atom stereocenters. The number of hydrogen-bond acceptors (Lipinski definition) is 10. The summed E-state index contributed by atoms with van der Waals surface area (Å²) in [5.74, 6) is -0.0126. The molecule has 2 saturated heterocycles. The van der Waals surface area contributed by atoms with Crippen LogP contribution in [-0.2, 0) is 17.7 Å². The summed E-state index contributed by atoms with van der Waals surface area (Å²) >= 11 is 3.34. The van der Waals surface area contributed by atoms with Crippen LogP contribution >= 0.6 is 22.7 Å². The van der Waals surface area contributed by atoms with Crippen LogP contribution in [0.1, 0.15) is 49.8 Å². The summed E-state index contributed by atoms with van der Waals surface area (Å²) in [5, 5.41) is 37.4. The fraction of sp³-hybridized carbons (Fsp3) is 0.452. The second-order valence-electron chi connectivity index (χ2n) is 11.4. The van der Waals surface area contributed by atoms with Crippen molar-refractivity contribution in [3.8, 4) is 11.6 Å². The molecular formula is C31H38N5O5S2+. The van der Waals surface area contributed by atoms with E-state index in [-0.39, 0.29) is 23.1 Å². The summed E-state index contributed by atoms with van der Waals surface area (Å²) in [6.45, 7) is 7.64. The number of phenols is 1. The number of thiazole rings is 1. The Morgan fingerprint density at radius 3 is 2.74 bits per heavy atom. The van der Waals surface area contributed by atoms with Crippen molar-refractivity contribution in [1.29, 1.82) is 0 Å². The second-order valence-corrected chi connectivity index (χ2v) is 13.7. The van der Waals surface area contributed by atoms with Crippen LogP contribution in [0.15, 0.2) is 41.8 Å². The van der Waals surface area contributed by atoms with Gasteiger partial charge in [-0.1, -0.05) is 6.07 Å². The number of nitrogens with zero attached hydrogens (tertiary/aromatic N) is 3. The van der Waals surface area contributed by atoms with Crippen LogP contribution in [0.2, 0.25) is 0 Å². The number of aryl methyl sites for hydroxylation is 1. The monoisotopic (exact) mass is 624 g/mol. The zero-order chi connectivity index (χ0) is 30.0. The molecule has 2 fully saturated rings. The van der Waals surface area contributed by atoms with Crippen molar-refractivity contribution < 1.29 is 29.8 Å². The number of pyridine rings is 1. The number of carbonyl (C=O) groups excluding carboxylic acids is 1. The van der Waals surface area contributed by atoms with Crippen molar-refractivity contribution in [2.75, 3.05) is 45.9 Å². The molecule has 0 bridgehead atoms. The number of thiophene rings is 1. The first-order valence-corrected chi connectivity index (χ1v) is 16.4. The SMILES string of the molecule is Cc1nc(C(=O)N2CCOC3(CCN(Cc4ccc(CCNC[C@H](O)c5ccc(O)c6[nH+]c(O)ccc56)s4)CC3)C2)cs1. The van der Waals surface area contributed by atoms with Gasteiger partial charge in [-0.15, -0.1) is 22.7 Å². The van der Waals surface area contributed by atoms with E-state index in [2.05, 4.69) is 32.3 Å². The minimum Gasteiger partial charge on any atom is -0.502 e. The minimum absolute atomic E-state index is 0.0122. The summed E-state index contributed by atoms with van der Waals surface area (Å²) in [4.78, 5) is 27.1. The second kappa shape index (κ2) is 12.8. The molecule has 43 heavy (non-hydrogen) atoms. The number of benzene rings is 1. The minimum atomic E-state index is -0.753. The first-order chi connectivity index (χ1) is 20.8. The molecule has 6 rings (SSSR count). The number of rotatable bonds is 9. The van der Waals surface area contributed by atoms with E-state index in [9.17, 15) is 20.1 Å². The van der Waals surface area contributed by atoms with E-state index < -0.39 is 6.10 Å². The lowest BCUT2D eigenvalue weighted by atomic mass is 9.89. The van der Waals surface area contributed by atoms with Gasteiger partial charge in [0, 0.05) is 54.4 Å². The van der Waals surface area contributed by atoms with E-state index in [1.165, 1.54) is 33.2 Å². The smallest absolute Gasteiger partial charge is 0.364 e. The molecule has 0 aliphatic carbocycles. The van der Waals surface area contributed by atoms with Gasteiger partial charge in [-0.25, -0.2) is 4.98 Å². The van der Waals surface area contributed by atoms with Gasteiger partial charge < -0.3 is 30.3 Å². The van der Waals surface area contributed by atoms with E-state index in [4.69, 9.17) is 4.74 Å². The Morgan fingerprint density at radius 2 is 1.95 bits per heavy atom. The third-order valence-electron chi connectivity index (χ3n) is 8.40. The largest absolute Gasteiger partial charge is 0.502 e. The molecule has 228 valence electrons. The number of ether oxygens (including phenoxy) is 1. The molecule has 1 aromatic carbocycles. The number of morpholine rings is 1. The van der Waals surface area contributed by atoms with Crippen LogP contribution < -0.4 is 10.3 Å². The highest BCUT2D eigenvalue weighted by Gasteiger charge is 2.41. The molecule has 1 spiro atoms. The number of aromatic hydroxyl groups is 2. The number of piperidine rings is 1. The van der Waals surface area contributed by atoms with Gasteiger partial charge in [0.1, 0.15) is 5.69 Å². The highest BCUT2D eigenvalue weighted by atomic mass is 32.1. The Morgan fingerprint density at radius 1 is 1.14 bits per heavy atom. The highest BCUT2D eigenvalue weighted by Crippen LogP contribution is 2.32. The fourth-order valence-electron chi connectivity index (χ4n) is 6.04. The van der Waals surface area contributed by atoms with E-state index >= 15 is 0 Å². The summed E-state index contributed by atoms with van der Waals surface area (Å²) in [6, 6.07) is 10.8. The Balaban J connectivity index is 0.948. The number of hydrogen-bond donors (Lipinski definition) is 4. The van der Waals surface area contributed by atoms with Crippen molar-refractivity contribution in [1.82, 2.24) is 20.1 Å². The van der Waals surface area contributed by atoms with Gasteiger partial charge in [0.2, 0.25) is 0 Å². The predicted molar refractivity (Wildman–Crippen MR) is 166 cm³/mol. The number of aliphatic hydroxyl groups excluding tert-OH is 1. The molecule has 0 radical (unpaired) electrons. The molecule has 1 amide bonds. The molecule has 5 heterocycles. The molecule has 10 nitrogen and oxygen atoms in total. The highest BCUT2D eigenvalue weighted by molar-refractivity contribution is 7.12.